The van der Waals surface area contributed by atoms with E-state index in [1.165, 1.54) is 0 Å². The molecule has 1 aliphatic rings. The normalized spacial score (nSPS) is 23.1. The Morgan fingerprint density at radius 3 is 2.57 bits per heavy atom. The van der Waals surface area contributed by atoms with Gasteiger partial charge in [0.1, 0.15) is 5.76 Å². The summed E-state index contributed by atoms with van der Waals surface area (Å²) >= 11 is 0. The second kappa shape index (κ2) is 2.76. The second-order valence-electron chi connectivity index (χ2n) is 4.03. The average Bonchev–Trinajstić information content (AvgIpc) is 2.47. The minimum Gasteiger partial charge on any atom is -0.361 e. The molecule has 0 saturated heterocycles. The number of aryl methyl sites for hydroxylation is 1. The van der Waals surface area contributed by atoms with Crippen LogP contribution in [0.25, 0.3) is 0 Å². The van der Waals surface area contributed by atoms with Gasteiger partial charge in [-0.1, -0.05) is 5.16 Å². The minimum atomic E-state index is -2.60. The van der Waals surface area contributed by atoms with E-state index in [1.54, 1.807) is 13.0 Å². The molecule has 1 heterocycles. The highest BCUT2D eigenvalue weighted by Gasteiger charge is 2.58. The van der Waals surface area contributed by atoms with Gasteiger partial charge in [0.2, 0.25) is 5.92 Å². The van der Waals surface area contributed by atoms with E-state index in [1.807, 2.05) is 0 Å². The number of nitrogens with zero attached hydrogens (tertiary/aromatic N) is 1. The lowest BCUT2D eigenvalue weighted by atomic mass is 9.64. The van der Waals surface area contributed by atoms with Gasteiger partial charge in [0.15, 0.2) is 0 Å². The Bertz CT molecular complexity index is 340. The highest BCUT2D eigenvalue weighted by atomic mass is 19.3. The lowest BCUT2D eigenvalue weighted by Crippen LogP contribution is -2.53. The zero-order valence-electron chi connectivity index (χ0n) is 7.89. The summed E-state index contributed by atoms with van der Waals surface area (Å²) in [5, 5.41) is 3.68. The second-order valence-corrected chi connectivity index (χ2v) is 4.03. The maximum atomic E-state index is 12.8. The molecule has 2 rings (SSSR count). The molecule has 0 aliphatic heterocycles. The quantitative estimate of drug-likeness (QED) is 0.792. The van der Waals surface area contributed by atoms with Crippen molar-refractivity contribution in [3.63, 3.8) is 0 Å². The van der Waals surface area contributed by atoms with Crippen LogP contribution in [0.1, 0.15) is 24.3 Å². The molecule has 3 nitrogen and oxygen atoms in total. The summed E-state index contributed by atoms with van der Waals surface area (Å²) in [6.07, 6.45) is -0.462. The number of rotatable bonds is 2. The van der Waals surface area contributed by atoms with Crippen molar-refractivity contribution in [1.29, 1.82) is 0 Å². The van der Waals surface area contributed by atoms with Crippen LogP contribution in [0.15, 0.2) is 10.6 Å². The van der Waals surface area contributed by atoms with E-state index in [0.29, 0.717) is 11.5 Å². The van der Waals surface area contributed by atoms with Crippen LogP contribution in [0.3, 0.4) is 0 Å². The van der Waals surface area contributed by atoms with Crippen LogP contribution < -0.4 is 5.73 Å². The third kappa shape index (κ3) is 1.32. The molecule has 1 aliphatic carbocycles. The summed E-state index contributed by atoms with van der Waals surface area (Å²) in [6.45, 7) is 1.94. The van der Waals surface area contributed by atoms with Crippen molar-refractivity contribution < 1.29 is 13.3 Å². The van der Waals surface area contributed by atoms with E-state index in [9.17, 15) is 8.78 Å². The molecule has 1 saturated carbocycles. The van der Waals surface area contributed by atoms with E-state index in [2.05, 4.69) is 5.16 Å². The van der Waals surface area contributed by atoms with Crippen molar-refractivity contribution in [2.45, 2.75) is 31.1 Å². The van der Waals surface area contributed by atoms with Gasteiger partial charge in [0.05, 0.1) is 11.1 Å². The third-order valence-corrected chi connectivity index (χ3v) is 2.74. The van der Waals surface area contributed by atoms with Gasteiger partial charge in [-0.15, -0.1) is 0 Å². The summed E-state index contributed by atoms with van der Waals surface area (Å²) in [4.78, 5) is 0. The van der Waals surface area contributed by atoms with E-state index >= 15 is 0 Å². The van der Waals surface area contributed by atoms with Gasteiger partial charge in [-0.2, -0.15) is 0 Å². The summed E-state index contributed by atoms with van der Waals surface area (Å²) < 4.78 is 30.6. The number of halogens is 2. The molecule has 0 unspecified atom stereocenters. The Labute approximate surface area is 80.3 Å². The summed E-state index contributed by atoms with van der Waals surface area (Å²) in [5.74, 6) is -2.11. The van der Waals surface area contributed by atoms with Gasteiger partial charge < -0.3 is 10.3 Å². The molecule has 14 heavy (non-hydrogen) atoms. The number of hydrogen-bond donors (Lipinski definition) is 1. The molecule has 5 heteroatoms. The van der Waals surface area contributed by atoms with Crippen LogP contribution >= 0.6 is 0 Å². The van der Waals surface area contributed by atoms with Crippen molar-refractivity contribution in [3.05, 3.63) is 17.5 Å². The first-order valence-electron chi connectivity index (χ1n) is 4.49. The fourth-order valence-corrected chi connectivity index (χ4v) is 1.97. The molecule has 0 amide bonds. The van der Waals surface area contributed by atoms with Gasteiger partial charge >= 0.3 is 0 Å². The van der Waals surface area contributed by atoms with Crippen LogP contribution in [-0.4, -0.2) is 17.6 Å². The predicted octanol–water partition coefficient (Wildman–Crippen LogP) is 1.61. The molecule has 0 spiro atoms. The zero-order chi connectivity index (χ0) is 10.4. The number of aromatic nitrogens is 1. The fourth-order valence-electron chi connectivity index (χ4n) is 1.97. The zero-order valence-corrected chi connectivity index (χ0v) is 7.89. The lowest BCUT2D eigenvalue weighted by Gasteiger charge is -2.44. The molecule has 1 aromatic heterocycles. The molecule has 0 radical (unpaired) electrons. The van der Waals surface area contributed by atoms with Crippen molar-refractivity contribution in [3.8, 4) is 0 Å². The molecular weight excluding hydrogens is 190 g/mol. The first kappa shape index (κ1) is 9.58. The topological polar surface area (TPSA) is 52.0 Å². The highest BCUT2D eigenvalue weighted by Crippen LogP contribution is 2.52. The van der Waals surface area contributed by atoms with Gasteiger partial charge in [-0.3, -0.25) is 0 Å². The molecule has 0 aromatic carbocycles. The molecule has 0 bridgehead atoms. The molecule has 1 fully saturated rings. The van der Waals surface area contributed by atoms with Crippen molar-refractivity contribution >= 4 is 0 Å². The van der Waals surface area contributed by atoms with Crippen LogP contribution in [-0.2, 0) is 5.41 Å². The minimum absolute atomic E-state index is 0.178. The number of nitrogens with two attached hydrogens (primary N) is 1. The van der Waals surface area contributed by atoms with Crippen LogP contribution in [0.2, 0.25) is 0 Å². The van der Waals surface area contributed by atoms with Crippen molar-refractivity contribution in [2.75, 3.05) is 6.54 Å². The maximum absolute atomic E-state index is 12.8. The summed E-state index contributed by atoms with van der Waals surface area (Å²) in [5.41, 5.74) is 5.52. The van der Waals surface area contributed by atoms with Crippen LogP contribution in [0.5, 0.6) is 0 Å². The van der Waals surface area contributed by atoms with Gasteiger partial charge in [0, 0.05) is 25.5 Å². The highest BCUT2D eigenvalue weighted by molar-refractivity contribution is 5.23. The van der Waals surface area contributed by atoms with E-state index in [4.69, 9.17) is 10.3 Å². The molecule has 0 atom stereocenters. The standard InChI is InChI=1S/C9H12F2N2O/c1-6-2-7(14-13-6)8(5-12)3-9(10,11)4-8/h2H,3-5,12H2,1H3. The van der Waals surface area contributed by atoms with Crippen LogP contribution in [0, 0.1) is 6.92 Å². The van der Waals surface area contributed by atoms with Gasteiger partial charge in [0.25, 0.3) is 0 Å². The SMILES string of the molecule is Cc1cc(C2(CN)CC(F)(F)C2)on1. The van der Waals surface area contributed by atoms with Gasteiger partial charge in [-0.05, 0) is 6.92 Å². The smallest absolute Gasteiger partial charge is 0.250 e. The van der Waals surface area contributed by atoms with E-state index in [0.717, 1.165) is 0 Å². The first-order valence-corrected chi connectivity index (χ1v) is 4.49. The average molecular weight is 202 g/mol. The van der Waals surface area contributed by atoms with Gasteiger partial charge in [-0.25, -0.2) is 8.78 Å². The Morgan fingerprint density at radius 2 is 2.21 bits per heavy atom. The van der Waals surface area contributed by atoms with Crippen LogP contribution in [0.4, 0.5) is 8.78 Å². The Hall–Kier alpha value is -0.970. The van der Waals surface area contributed by atoms with Crippen molar-refractivity contribution in [1.82, 2.24) is 5.16 Å². The number of hydrogen-bond acceptors (Lipinski definition) is 3. The largest absolute Gasteiger partial charge is 0.361 e. The summed E-state index contributed by atoms with van der Waals surface area (Å²) in [6, 6.07) is 1.68. The molecular formula is C9H12F2N2O. The Morgan fingerprint density at radius 1 is 1.57 bits per heavy atom. The third-order valence-electron chi connectivity index (χ3n) is 2.74. The van der Waals surface area contributed by atoms with Crippen molar-refractivity contribution in [2.24, 2.45) is 5.73 Å². The summed E-state index contributed by atoms with van der Waals surface area (Å²) in [7, 11) is 0. The Balaban J connectivity index is 2.24. The van der Waals surface area contributed by atoms with E-state index in [-0.39, 0.29) is 19.4 Å². The van der Waals surface area contributed by atoms with E-state index < -0.39 is 11.3 Å². The lowest BCUT2D eigenvalue weighted by molar-refractivity contribution is -0.130. The predicted molar refractivity (Wildman–Crippen MR) is 46.2 cm³/mol. The first-order chi connectivity index (χ1) is 6.47. The molecule has 1 aromatic rings. The number of alkyl halides is 2. The molecule has 2 N–H and O–H groups in total. The Kier molecular flexibility index (Phi) is 1.89. The molecule has 78 valence electrons. The fraction of sp³-hybridized carbons (Fsp3) is 0.667. The monoisotopic (exact) mass is 202 g/mol. The maximum Gasteiger partial charge on any atom is 0.250 e.